The molecule has 0 aliphatic carbocycles. The van der Waals surface area contributed by atoms with Gasteiger partial charge in [-0.25, -0.2) is 0 Å². The van der Waals surface area contributed by atoms with Gasteiger partial charge < -0.3 is 10.1 Å². The summed E-state index contributed by atoms with van der Waals surface area (Å²) in [5.74, 6) is 0.590. The van der Waals surface area contributed by atoms with E-state index in [-0.39, 0.29) is 24.4 Å². The van der Waals surface area contributed by atoms with Crippen molar-refractivity contribution >= 4 is 11.6 Å². The zero-order valence-electron chi connectivity index (χ0n) is 7.44. The Labute approximate surface area is 84.5 Å². The van der Waals surface area contributed by atoms with Crippen LogP contribution in [0.5, 0.6) is 0 Å². The quantitative estimate of drug-likeness (QED) is 0.451. The van der Waals surface area contributed by atoms with Gasteiger partial charge in [-0.1, -0.05) is 31.0 Å². The number of rotatable bonds is 0. The topological polar surface area (TPSA) is 23.3 Å². The van der Waals surface area contributed by atoms with E-state index in [9.17, 15) is 0 Å². The molecule has 1 aliphatic rings. The third-order valence-corrected chi connectivity index (χ3v) is 1.42. The zero-order valence-corrected chi connectivity index (χ0v) is 8.20. The maximum atomic E-state index is 5.67. The van der Waals surface area contributed by atoms with Gasteiger partial charge in [-0.05, 0) is 6.92 Å². The minimum atomic E-state index is -0.0918. The van der Waals surface area contributed by atoms with Gasteiger partial charge in [-0.3, -0.25) is 0 Å². The third-order valence-electron chi connectivity index (χ3n) is 1.26. The molecule has 1 saturated heterocycles. The van der Waals surface area contributed by atoms with E-state index in [1.54, 1.807) is 6.92 Å². The molecule has 11 heavy (non-hydrogen) atoms. The molecule has 1 rings (SSSR count). The van der Waals surface area contributed by atoms with Crippen molar-refractivity contribution in [2.45, 2.75) is 26.3 Å². The Bertz CT molecular complexity index is 175. The van der Waals surface area contributed by atoms with Crippen LogP contribution in [0, 0.1) is 0 Å². The first-order valence-electron chi connectivity index (χ1n) is 3.23. The van der Waals surface area contributed by atoms with Crippen LogP contribution in [0.15, 0.2) is 10.9 Å². The van der Waals surface area contributed by atoms with Crippen molar-refractivity contribution < 1.29 is 23.6 Å². The second-order valence-electron chi connectivity index (χ2n) is 3.05. The molecule has 0 N–H and O–H groups in total. The average Bonchev–Trinajstić information content (AvgIpc) is 2.10. The predicted molar refractivity (Wildman–Crippen MR) is 41.9 cm³/mol. The Hall–Kier alpha value is 0.227. The van der Waals surface area contributed by atoms with E-state index in [0.29, 0.717) is 17.5 Å². The van der Waals surface area contributed by atoms with Crippen molar-refractivity contribution in [3.63, 3.8) is 0 Å². The number of hydrogen-bond acceptors (Lipinski definition) is 1. The maximum absolute atomic E-state index is 5.67. The molecule has 1 aliphatic heterocycles. The number of nitrogens with zero attached hydrogens (tertiary/aromatic N) is 1. The fourth-order valence-corrected chi connectivity index (χ4v) is 0.858. The van der Waals surface area contributed by atoms with E-state index < -0.39 is 0 Å². The van der Waals surface area contributed by atoms with Crippen LogP contribution in [0.25, 0.3) is 5.32 Å². The Balaban J connectivity index is 0.000001000. The van der Waals surface area contributed by atoms with Crippen LogP contribution in [0.4, 0.5) is 0 Å². The summed E-state index contributed by atoms with van der Waals surface area (Å²) in [6, 6.07) is 0. The number of ether oxygens (including phenoxy) is 1. The second-order valence-corrected chi connectivity index (χ2v) is 3.62. The van der Waals surface area contributed by atoms with Crippen molar-refractivity contribution in [1.29, 1.82) is 0 Å². The summed E-state index contributed by atoms with van der Waals surface area (Å²) < 4.78 is 5.21. The molecule has 0 unspecified atom stereocenters. The molecule has 58 valence electrons. The van der Waals surface area contributed by atoms with Gasteiger partial charge in [0.15, 0.2) is 0 Å². The van der Waals surface area contributed by atoms with Crippen LogP contribution in [-0.4, -0.2) is 12.1 Å². The van der Waals surface area contributed by atoms with E-state index in [4.69, 9.17) is 16.3 Å². The SMILES string of the molecule is C/C(Cl)=C1\[N-]C(C)(C)CO1.[Li+]. The van der Waals surface area contributed by atoms with E-state index in [1.807, 2.05) is 13.8 Å². The molecular formula is C7H11ClLiNO. The van der Waals surface area contributed by atoms with Crippen molar-refractivity contribution in [2.24, 2.45) is 0 Å². The summed E-state index contributed by atoms with van der Waals surface area (Å²) in [7, 11) is 0. The average molecular weight is 168 g/mol. The maximum Gasteiger partial charge on any atom is 1.00 e. The molecule has 0 amide bonds. The normalized spacial score (nSPS) is 24.7. The van der Waals surface area contributed by atoms with Crippen LogP contribution in [0.1, 0.15) is 20.8 Å². The second kappa shape index (κ2) is 3.76. The molecule has 0 radical (unpaired) electrons. The standard InChI is InChI=1S/C7H11ClNO.Li/c1-5(8)6-9-7(2,3)4-10-6;/h4H2,1-3H3;/q-1;+1/b6-5-;. The smallest absolute Gasteiger partial charge is 0.645 e. The minimum absolute atomic E-state index is 0. The first-order valence-corrected chi connectivity index (χ1v) is 3.61. The third kappa shape index (κ3) is 2.99. The minimum Gasteiger partial charge on any atom is -0.645 e. The van der Waals surface area contributed by atoms with Gasteiger partial charge in [0.2, 0.25) is 0 Å². The Morgan fingerprint density at radius 2 is 2.18 bits per heavy atom. The van der Waals surface area contributed by atoms with Crippen molar-refractivity contribution in [1.82, 2.24) is 0 Å². The van der Waals surface area contributed by atoms with E-state index in [1.165, 1.54) is 0 Å². The van der Waals surface area contributed by atoms with E-state index >= 15 is 0 Å². The Morgan fingerprint density at radius 1 is 1.64 bits per heavy atom. The number of halogens is 1. The molecule has 0 saturated carbocycles. The van der Waals surface area contributed by atoms with Gasteiger partial charge in [0, 0.05) is 10.9 Å². The molecule has 0 aromatic carbocycles. The predicted octanol–water partition coefficient (Wildman–Crippen LogP) is -0.399. The van der Waals surface area contributed by atoms with Crippen LogP contribution < -0.4 is 18.9 Å². The van der Waals surface area contributed by atoms with E-state index in [0.717, 1.165) is 0 Å². The van der Waals surface area contributed by atoms with Gasteiger partial charge in [0.25, 0.3) is 0 Å². The molecule has 1 fully saturated rings. The Kier molecular flexibility index (Phi) is 3.83. The van der Waals surface area contributed by atoms with Gasteiger partial charge in [-0.2, -0.15) is 0 Å². The van der Waals surface area contributed by atoms with Gasteiger partial charge in [0.1, 0.15) is 0 Å². The largest absolute Gasteiger partial charge is 1.00 e. The van der Waals surface area contributed by atoms with Crippen molar-refractivity contribution in [3.8, 4) is 0 Å². The molecule has 0 spiro atoms. The van der Waals surface area contributed by atoms with Gasteiger partial charge in [0.05, 0.1) is 6.61 Å². The van der Waals surface area contributed by atoms with Crippen LogP contribution in [-0.2, 0) is 4.74 Å². The molecule has 1 heterocycles. The number of hydrogen-bond donors (Lipinski definition) is 0. The van der Waals surface area contributed by atoms with Crippen LogP contribution >= 0.6 is 11.6 Å². The van der Waals surface area contributed by atoms with Crippen LogP contribution in [0.3, 0.4) is 0 Å². The molecule has 0 aromatic rings. The van der Waals surface area contributed by atoms with Gasteiger partial charge in [-0.15, -0.1) is 0 Å². The molecular weight excluding hydrogens is 156 g/mol. The summed E-state index contributed by atoms with van der Waals surface area (Å²) in [5.41, 5.74) is -0.0918. The number of allylic oxidation sites excluding steroid dienone is 1. The van der Waals surface area contributed by atoms with Gasteiger partial charge >= 0.3 is 18.9 Å². The zero-order chi connectivity index (χ0) is 7.78. The first-order chi connectivity index (χ1) is 4.51. The summed E-state index contributed by atoms with van der Waals surface area (Å²) in [6.07, 6.45) is 0. The molecule has 0 atom stereocenters. The molecule has 0 aromatic heterocycles. The van der Waals surface area contributed by atoms with E-state index in [2.05, 4.69) is 5.32 Å². The monoisotopic (exact) mass is 167 g/mol. The fourth-order valence-electron chi connectivity index (χ4n) is 0.761. The molecule has 4 heteroatoms. The van der Waals surface area contributed by atoms with Crippen molar-refractivity contribution in [3.05, 3.63) is 16.2 Å². The summed E-state index contributed by atoms with van der Waals surface area (Å²) >= 11 is 5.67. The van der Waals surface area contributed by atoms with Crippen molar-refractivity contribution in [2.75, 3.05) is 6.61 Å². The summed E-state index contributed by atoms with van der Waals surface area (Å²) in [4.78, 5) is 0. The Morgan fingerprint density at radius 3 is 2.36 bits per heavy atom. The van der Waals surface area contributed by atoms with Crippen LogP contribution in [0.2, 0.25) is 0 Å². The summed E-state index contributed by atoms with van der Waals surface area (Å²) in [5, 5.41) is 4.88. The summed E-state index contributed by atoms with van der Waals surface area (Å²) in [6.45, 7) is 6.44. The fraction of sp³-hybridized carbons (Fsp3) is 0.714. The molecule has 2 nitrogen and oxygen atoms in total. The first kappa shape index (κ1) is 11.2. The molecule has 0 bridgehead atoms.